The van der Waals surface area contributed by atoms with Crippen molar-refractivity contribution in [2.24, 2.45) is 0 Å². The number of carbonyl (C=O) groups is 1. The van der Waals surface area contributed by atoms with Crippen LogP contribution in [0.25, 0.3) is 0 Å². The first-order chi connectivity index (χ1) is 13.8. The molecule has 0 saturated carbocycles. The van der Waals surface area contributed by atoms with Crippen LogP contribution in [0.15, 0.2) is 55.6 Å². The van der Waals surface area contributed by atoms with E-state index in [9.17, 15) is 4.79 Å². The molecule has 0 unspecified atom stereocenters. The van der Waals surface area contributed by atoms with Crippen LogP contribution in [0.1, 0.15) is 51.9 Å². The lowest BCUT2D eigenvalue weighted by Gasteiger charge is -2.36. The van der Waals surface area contributed by atoms with Gasteiger partial charge in [-0.15, -0.1) is 13.2 Å². The third-order valence-electron chi connectivity index (χ3n) is 4.59. The van der Waals surface area contributed by atoms with E-state index in [0.29, 0.717) is 6.42 Å². The van der Waals surface area contributed by atoms with E-state index in [-0.39, 0.29) is 24.6 Å². The van der Waals surface area contributed by atoms with Crippen LogP contribution in [0.4, 0.5) is 0 Å². The third-order valence-corrected chi connectivity index (χ3v) is 4.59. The summed E-state index contributed by atoms with van der Waals surface area (Å²) in [5.74, 6) is -0.241. The number of carbonyl (C=O) groups excluding carboxylic acids is 1. The average molecular weight is 402 g/mol. The van der Waals surface area contributed by atoms with Crippen molar-refractivity contribution in [1.29, 1.82) is 0 Å². The number of benzene rings is 1. The zero-order valence-corrected chi connectivity index (χ0v) is 18.0. The van der Waals surface area contributed by atoms with Gasteiger partial charge >= 0.3 is 5.97 Å². The fraction of sp³-hybridized carbons (Fsp3) is 0.542. The second-order valence-electron chi connectivity index (χ2n) is 8.41. The number of nitrogens with zero attached hydrogens (tertiary/aromatic N) is 1. The quantitative estimate of drug-likeness (QED) is 0.422. The number of esters is 1. The standard InChI is InChI=1S/C24H35NO4/c1-6-14-25(15-7-2)16-13-20-17-21(18-22(26)29-24(3,4)5)28-23(27-20)19-11-9-8-10-12-19/h6-12,20-21,23H,1-2,13-18H2,3-5H3/t20-,21-,23-/m1/s1. The maximum Gasteiger partial charge on any atom is 0.308 e. The molecule has 1 aliphatic heterocycles. The van der Waals surface area contributed by atoms with E-state index in [1.807, 2.05) is 63.3 Å². The van der Waals surface area contributed by atoms with E-state index in [2.05, 4.69) is 18.1 Å². The van der Waals surface area contributed by atoms with Crippen LogP contribution < -0.4 is 0 Å². The van der Waals surface area contributed by atoms with Gasteiger partial charge in [0, 0.05) is 31.6 Å². The van der Waals surface area contributed by atoms with Crippen molar-refractivity contribution < 1.29 is 19.0 Å². The molecule has 29 heavy (non-hydrogen) atoms. The summed E-state index contributed by atoms with van der Waals surface area (Å²) in [6.45, 7) is 15.7. The Morgan fingerprint density at radius 3 is 2.34 bits per heavy atom. The fourth-order valence-electron chi connectivity index (χ4n) is 3.39. The van der Waals surface area contributed by atoms with E-state index in [1.165, 1.54) is 0 Å². The largest absolute Gasteiger partial charge is 0.460 e. The first-order valence-electron chi connectivity index (χ1n) is 10.3. The Morgan fingerprint density at radius 1 is 1.14 bits per heavy atom. The summed E-state index contributed by atoms with van der Waals surface area (Å²) < 4.78 is 17.8. The zero-order chi connectivity index (χ0) is 21.3. The second kappa shape index (κ2) is 11.3. The van der Waals surface area contributed by atoms with Crippen LogP contribution >= 0.6 is 0 Å². The highest BCUT2D eigenvalue weighted by Gasteiger charge is 2.33. The molecule has 0 bridgehead atoms. The number of hydrogen-bond acceptors (Lipinski definition) is 5. The van der Waals surface area contributed by atoms with Gasteiger partial charge in [0.05, 0.1) is 18.6 Å². The Kier molecular flexibility index (Phi) is 9.08. The summed E-state index contributed by atoms with van der Waals surface area (Å²) in [7, 11) is 0. The molecular weight excluding hydrogens is 366 g/mol. The van der Waals surface area contributed by atoms with Gasteiger partial charge in [-0.25, -0.2) is 0 Å². The topological polar surface area (TPSA) is 48.0 Å². The summed E-state index contributed by atoms with van der Waals surface area (Å²) in [6.07, 6.45) is 4.81. The van der Waals surface area contributed by atoms with Gasteiger partial charge in [0.25, 0.3) is 0 Å². The van der Waals surface area contributed by atoms with E-state index in [0.717, 1.165) is 31.6 Å². The molecule has 1 aromatic rings. The number of rotatable bonds is 10. The third kappa shape index (κ3) is 8.52. The van der Waals surface area contributed by atoms with Crippen LogP contribution in [-0.2, 0) is 19.0 Å². The summed E-state index contributed by atoms with van der Waals surface area (Å²) in [5.41, 5.74) is 0.455. The van der Waals surface area contributed by atoms with Crippen molar-refractivity contribution in [2.45, 2.75) is 64.1 Å². The molecule has 0 N–H and O–H groups in total. The van der Waals surface area contributed by atoms with Crippen molar-refractivity contribution in [3.63, 3.8) is 0 Å². The lowest BCUT2D eigenvalue weighted by atomic mass is 10.0. The highest BCUT2D eigenvalue weighted by Crippen LogP contribution is 2.32. The summed E-state index contributed by atoms with van der Waals surface area (Å²) in [6, 6.07) is 9.86. The van der Waals surface area contributed by atoms with Crippen molar-refractivity contribution in [1.82, 2.24) is 4.90 Å². The van der Waals surface area contributed by atoms with Gasteiger partial charge in [0.2, 0.25) is 0 Å². The Balaban J connectivity index is 2.04. The molecular formula is C24H35NO4. The molecule has 160 valence electrons. The SMILES string of the molecule is C=CCN(CC=C)CC[C@@H]1C[C@H](CC(=O)OC(C)(C)C)O[C@H](c2ccccc2)O1. The van der Waals surface area contributed by atoms with E-state index in [4.69, 9.17) is 14.2 Å². The smallest absolute Gasteiger partial charge is 0.308 e. The molecule has 0 spiro atoms. The number of ether oxygens (including phenoxy) is 3. The lowest BCUT2D eigenvalue weighted by Crippen LogP contribution is -2.38. The molecule has 2 rings (SSSR count). The first-order valence-corrected chi connectivity index (χ1v) is 10.3. The maximum absolute atomic E-state index is 12.3. The van der Waals surface area contributed by atoms with Crippen LogP contribution in [0.2, 0.25) is 0 Å². The minimum atomic E-state index is -0.504. The molecule has 0 amide bonds. The summed E-state index contributed by atoms with van der Waals surface area (Å²) in [5, 5.41) is 0. The molecule has 1 aromatic carbocycles. The molecule has 1 saturated heterocycles. The van der Waals surface area contributed by atoms with E-state index >= 15 is 0 Å². The molecule has 0 aromatic heterocycles. The molecule has 5 heteroatoms. The van der Waals surface area contributed by atoms with Gasteiger partial charge in [-0.3, -0.25) is 9.69 Å². The highest BCUT2D eigenvalue weighted by molar-refractivity contribution is 5.70. The van der Waals surface area contributed by atoms with Crippen LogP contribution in [-0.4, -0.2) is 48.3 Å². The normalized spacial score (nSPS) is 22.3. The predicted octanol–water partition coefficient (Wildman–Crippen LogP) is 4.66. The molecule has 0 radical (unpaired) electrons. The van der Waals surface area contributed by atoms with Gasteiger partial charge in [-0.1, -0.05) is 42.5 Å². The van der Waals surface area contributed by atoms with Crippen molar-refractivity contribution in [2.75, 3.05) is 19.6 Å². The summed E-state index contributed by atoms with van der Waals surface area (Å²) in [4.78, 5) is 14.6. The Labute approximate surface area is 175 Å². The van der Waals surface area contributed by atoms with Crippen molar-refractivity contribution in [3.8, 4) is 0 Å². The van der Waals surface area contributed by atoms with Gasteiger partial charge in [-0.2, -0.15) is 0 Å². The minimum Gasteiger partial charge on any atom is -0.460 e. The maximum atomic E-state index is 12.3. The highest BCUT2D eigenvalue weighted by atomic mass is 16.7. The Bertz CT molecular complexity index is 643. The van der Waals surface area contributed by atoms with Crippen LogP contribution in [0, 0.1) is 0 Å². The van der Waals surface area contributed by atoms with E-state index in [1.54, 1.807) is 0 Å². The lowest BCUT2D eigenvalue weighted by molar-refractivity contribution is -0.251. The Hall–Kier alpha value is -1.95. The van der Waals surface area contributed by atoms with E-state index < -0.39 is 11.9 Å². The minimum absolute atomic E-state index is 0.00137. The molecule has 5 nitrogen and oxygen atoms in total. The van der Waals surface area contributed by atoms with Crippen LogP contribution in [0.5, 0.6) is 0 Å². The predicted molar refractivity (Wildman–Crippen MR) is 115 cm³/mol. The average Bonchev–Trinajstić information content (AvgIpc) is 2.65. The number of hydrogen-bond donors (Lipinski definition) is 0. The van der Waals surface area contributed by atoms with Crippen molar-refractivity contribution >= 4 is 5.97 Å². The first kappa shape index (κ1) is 23.3. The molecule has 1 fully saturated rings. The zero-order valence-electron chi connectivity index (χ0n) is 18.0. The molecule has 0 aliphatic carbocycles. The van der Waals surface area contributed by atoms with Gasteiger partial charge in [0.15, 0.2) is 6.29 Å². The van der Waals surface area contributed by atoms with Gasteiger partial charge < -0.3 is 14.2 Å². The van der Waals surface area contributed by atoms with Crippen LogP contribution in [0.3, 0.4) is 0 Å². The fourth-order valence-corrected chi connectivity index (χ4v) is 3.39. The Morgan fingerprint density at radius 2 is 1.76 bits per heavy atom. The second-order valence-corrected chi connectivity index (χ2v) is 8.41. The van der Waals surface area contributed by atoms with Gasteiger partial charge in [0.1, 0.15) is 5.60 Å². The monoisotopic (exact) mass is 401 g/mol. The van der Waals surface area contributed by atoms with Gasteiger partial charge in [-0.05, 0) is 27.2 Å². The van der Waals surface area contributed by atoms with Crippen molar-refractivity contribution in [3.05, 3.63) is 61.2 Å². The summed E-state index contributed by atoms with van der Waals surface area (Å²) >= 11 is 0. The molecule has 1 heterocycles. The molecule has 1 aliphatic rings. The molecule has 3 atom stereocenters.